The van der Waals surface area contributed by atoms with Gasteiger partial charge in [-0.2, -0.15) is 0 Å². The average Bonchev–Trinajstić information content (AvgIpc) is 2.90. The molecule has 0 atom stereocenters. The number of aryl methyl sites for hydroxylation is 1. The van der Waals surface area contributed by atoms with Crippen LogP contribution in [0, 0.1) is 6.92 Å². The van der Waals surface area contributed by atoms with E-state index < -0.39 is 0 Å². The van der Waals surface area contributed by atoms with Gasteiger partial charge in [-0.1, -0.05) is 29.0 Å². The Labute approximate surface area is 147 Å². The van der Waals surface area contributed by atoms with Gasteiger partial charge in [-0.15, -0.1) is 0 Å². The average molecular weight is 360 g/mol. The molecule has 0 fully saturated rings. The van der Waals surface area contributed by atoms with Crippen molar-refractivity contribution in [1.82, 2.24) is 4.98 Å². The largest absolute Gasteiger partial charge is 0.326 e. The van der Waals surface area contributed by atoms with E-state index in [1.807, 2.05) is 13.0 Å². The molecule has 2 N–H and O–H groups in total. The molecule has 24 heavy (non-hydrogen) atoms. The molecule has 1 heterocycles. The molecule has 0 aliphatic rings. The second-order valence-electron chi connectivity index (χ2n) is 5.30. The second-order valence-corrected chi connectivity index (χ2v) is 6.74. The quantitative estimate of drug-likeness (QED) is 0.724. The van der Waals surface area contributed by atoms with Crippen LogP contribution in [-0.2, 0) is 4.79 Å². The molecule has 0 unspecified atom stereocenters. The van der Waals surface area contributed by atoms with Gasteiger partial charge < -0.3 is 5.32 Å². The van der Waals surface area contributed by atoms with E-state index in [4.69, 9.17) is 11.6 Å². The number of carbonyl (C=O) groups is 2. The first-order valence-corrected chi connectivity index (χ1v) is 8.37. The molecule has 2 amide bonds. The Kier molecular flexibility index (Phi) is 4.51. The minimum Gasteiger partial charge on any atom is -0.326 e. The standard InChI is InChI=1S/C17H14ClN3O2S/c1-9-3-4-11(7-13(9)18)16(23)21-17-20-14-6-5-12(19-10(2)22)8-15(14)24-17/h3-8H,1-2H3,(H,19,22)(H,20,21,23). The van der Waals surface area contributed by atoms with Gasteiger partial charge in [0.15, 0.2) is 5.13 Å². The van der Waals surface area contributed by atoms with E-state index in [1.54, 1.807) is 30.3 Å². The summed E-state index contributed by atoms with van der Waals surface area (Å²) in [7, 11) is 0. The minimum atomic E-state index is -0.266. The number of benzene rings is 2. The van der Waals surface area contributed by atoms with E-state index in [2.05, 4.69) is 15.6 Å². The Bertz CT molecular complexity index is 952. The summed E-state index contributed by atoms with van der Waals surface area (Å²) in [5.41, 5.74) is 2.84. The fraction of sp³-hybridized carbons (Fsp3) is 0.118. The van der Waals surface area contributed by atoms with Gasteiger partial charge in [-0.05, 0) is 42.8 Å². The van der Waals surface area contributed by atoms with Crippen LogP contribution in [0.1, 0.15) is 22.8 Å². The topological polar surface area (TPSA) is 71.1 Å². The summed E-state index contributed by atoms with van der Waals surface area (Å²) in [6.07, 6.45) is 0. The predicted octanol–water partition coefficient (Wildman–Crippen LogP) is 4.47. The SMILES string of the molecule is CC(=O)Nc1ccc2nc(NC(=O)c3ccc(C)c(Cl)c3)sc2c1. The number of amides is 2. The lowest BCUT2D eigenvalue weighted by atomic mass is 10.1. The molecule has 0 radical (unpaired) electrons. The molecule has 2 aromatic carbocycles. The second kappa shape index (κ2) is 6.59. The first kappa shape index (κ1) is 16.4. The molecule has 122 valence electrons. The zero-order valence-corrected chi connectivity index (χ0v) is 14.6. The number of halogens is 1. The normalized spacial score (nSPS) is 10.6. The summed E-state index contributed by atoms with van der Waals surface area (Å²) in [6.45, 7) is 3.33. The molecular weight excluding hydrogens is 346 g/mol. The number of fused-ring (bicyclic) bond motifs is 1. The van der Waals surface area contributed by atoms with E-state index in [0.717, 1.165) is 15.8 Å². The Balaban J connectivity index is 1.82. The van der Waals surface area contributed by atoms with Gasteiger partial charge in [0.05, 0.1) is 10.2 Å². The number of anilines is 2. The molecule has 0 spiro atoms. The number of rotatable bonds is 3. The Hall–Kier alpha value is -2.44. The molecule has 7 heteroatoms. The van der Waals surface area contributed by atoms with Crippen molar-refractivity contribution < 1.29 is 9.59 Å². The number of nitrogens with zero attached hydrogens (tertiary/aromatic N) is 1. The van der Waals surface area contributed by atoms with Crippen LogP contribution >= 0.6 is 22.9 Å². The third kappa shape index (κ3) is 3.55. The van der Waals surface area contributed by atoms with Crippen LogP contribution in [0.3, 0.4) is 0 Å². The molecule has 0 aliphatic carbocycles. The Morgan fingerprint density at radius 3 is 2.62 bits per heavy atom. The van der Waals surface area contributed by atoms with Gasteiger partial charge in [-0.25, -0.2) is 4.98 Å². The number of hydrogen-bond donors (Lipinski definition) is 2. The fourth-order valence-corrected chi connectivity index (χ4v) is 3.24. The molecule has 5 nitrogen and oxygen atoms in total. The molecule has 0 bridgehead atoms. The number of thiazole rings is 1. The minimum absolute atomic E-state index is 0.136. The van der Waals surface area contributed by atoms with Gasteiger partial charge in [0, 0.05) is 23.2 Å². The van der Waals surface area contributed by atoms with Crippen LogP contribution in [0.25, 0.3) is 10.2 Å². The van der Waals surface area contributed by atoms with Crippen molar-refractivity contribution in [2.75, 3.05) is 10.6 Å². The number of hydrogen-bond acceptors (Lipinski definition) is 4. The monoisotopic (exact) mass is 359 g/mol. The van der Waals surface area contributed by atoms with E-state index in [1.165, 1.54) is 18.3 Å². The molecular formula is C17H14ClN3O2S. The first-order chi connectivity index (χ1) is 11.4. The summed E-state index contributed by atoms with van der Waals surface area (Å²) >= 11 is 7.40. The summed E-state index contributed by atoms with van der Waals surface area (Å²) in [6, 6.07) is 10.6. The maximum absolute atomic E-state index is 12.3. The van der Waals surface area contributed by atoms with Crippen molar-refractivity contribution >= 4 is 55.8 Å². The van der Waals surface area contributed by atoms with Crippen LogP contribution in [-0.4, -0.2) is 16.8 Å². The zero-order valence-electron chi connectivity index (χ0n) is 13.0. The molecule has 0 saturated carbocycles. The van der Waals surface area contributed by atoms with Crippen LogP contribution in [0.15, 0.2) is 36.4 Å². The molecule has 3 aromatic rings. The fourth-order valence-electron chi connectivity index (χ4n) is 2.16. The van der Waals surface area contributed by atoms with Gasteiger partial charge in [0.25, 0.3) is 5.91 Å². The van der Waals surface area contributed by atoms with Crippen molar-refractivity contribution in [2.45, 2.75) is 13.8 Å². The summed E-state index contributed by atoms with van der Waals surface area (Å²) in [5, 5.41) is 6.54. The Morgan fingerprint density at radius 2 is 1.92 bits per heavy atom. The number of carbonyl (C=O) groups excluding carboxylic acids is 2. The van der Waals surface area contributed by atoms with Gasteiger partial charge in [0.1, 0.15) is 0 Å². The highest BCUT2D eigenvalue weighted by molar-refractivity contribution is 7.22. The van der Waals surface area contributed by atoms with E-state index in [-0.39, 0.29) is 11.8 Å². The summed E-state index contributed by atoms with van der Waals surface area (Å²) in [4.78, 5) is 27.8. The van der Waals surface area contributed by atoms with E-state index in [0.29, 0.717) is 21.4 Å². The summed E-state index contributed by atoms with van der Waals surface area (Å²) < 4.78 is 0.874. The van der Waals surface area contributed by atoms with E-state index >= 15 is 0 Å². The van der Waals surface area contributed by atoms with Crippen molar-refractivity contribution in [3.63, 3.8) is 0 Å². The predicted molar refractivity (Wildman–Crippen MR) is 98.1 cm³/mol. The highest BCUT2D eigenvalue weighted by atomic mass is 35.5. The van der Waals surface area contributed by atoms with Crippen molar-refractivity contribution in [3.05, 3.63) is 52.5 Å². The maximum atomic E-state index is 12.3. The molecule has 0 saturated heterocycles. The van der Waals surface area contributed by atoms with Crippen molar-refractivity contribution in [3.8, 4) is 0 Å². The lowest BCUT2D eigenvalue weighted by molar-refractivity contribution is -0.114. The van der Waals surface area contributed by atoms with Crippen LogP contribution in [0.4, 0.5) is 10.8 Å². The smallest absolute Gasteiger partial charge is 0.257 e. The van der Waals surface area contributed by atoms with Gasteiger partial charge in [0.2, 0.25) is 5.91 Å². The highest BCUT2D eigenvalue weighted by Gasteiger charge is 2.11. The molecule has 3 rings (SSSR count). The third-order valence-corrected chi connectivity index (χ3v) is 4.70. The lowest BCUT2D eigenvalue weighted by Crippen LogP contribution is -2.11. The summed E-state index contributed by atoms with van der Waals surface area (Å²) in [5.74, 6) is -0.401. The molecule has 0 aliphatic heterocycles. The highest BCUT2D eigenvalue weighted by Crippen LogP contribution is 2.29. The van der Waals surface area contributed by atoms with Crippen LogP contribution < -0.4 is 10.6 Å². The zero-order chi connectivity index (χ0) is 17.3. The van der Waals surface area contributed by atoms with Gasteiger partial charge in [-0.3, -0.25) is 14.9 Å². The first-order valence-electron chi connectivity index (χ1n) is 7.18. The van der Waals surface area contributed by atoms with Crippen LogP contribution in [0.5, 0.6) is 0 Å². The number of aromatic nitrogens is 1. The Morgan fingerprint density at radius 1 is 1.12 bits per heavy atom. The third-order valence-electron chi connectivity index (χ3n) is 3.36. The van der Waals surface area contributed by atoms with Crippen molar-refractivity contribution in [2.24, 2.45) is 0 Å². The number of nitrogens with one attached hydrogen (secondary N) is 2. The van der Waals surface area contributed by atoms with E-state index in [9.17, 15) is 9.59 Å². The van der Waals surface area contributed by atoms with Gasteiger partial charge >= 0.3 is 0 Å². The molecule has 1 aromatic heterocycles. The van der Waals surface area contributed by atoms with Crippen LogP contribution in [0.2, 0.25) is 5.02 Å². The lowest BCUT2D eigenvalue weighted by Gasteiger charge is -2.03. The maximum Gasteiger partial charge on any atom is 0.257 e. The van der Waals surface area contributed by atoms with Crippen molar-refractivity contribution in [1.29, 1.82) is 0 Å².